The van der Waals surface area contributed by atoms with Crippen molar-refractivity contribution < 1.29 is 24.2 Å². The summed E-state index contributed by atoms with van der Waals surface area (Å²) in [6.07, 6.45) is 1.68. The minimum atomic E-state index is -0.668. The lowest BCUT2D eigenvalue weighted by molar-refractivity contribution is -0.140. The Bertz CT molecular complexity index is 1110. The van der Waals surface area contributed by atoms with E-state index in [0.29, 0.717) is 25.3 Å². The summed E-state index contributed by atoms with van der Waals surface area (Å²) in [5, 5.41) is 11.4. The average Bonchev–Trinajstić information content (AvgIpc) is 3.41. The molecule has 0 spiro atoms. The fourth-order valence-corrected chi connectivity index (χ4v) is 4.85. The van der Waals surface area contributed by atoms with E-state index >= 15 is 0 Å². The summed E-state index contributed by atoms with van der Waals surface area (Å²) in [5.41, 5.74) is 3.37. The number of hydrogen-bond donors (Lipinski definition) is 1. The van der Waals surface area contributed by atoms with Crippen LogP contribution in [0, 0.1) is 6.92 Å². The van der Waals surface area contributed by atoms with Crippen molar-refractivity contribution in [3.05, 3.63) is 70.3 Å². The third-order valence-electron chi connectivity index (χ3n) is 6.53. The monoisotopic (exact) mass is 463 g/mol. The third kappa shape index (κ3) is 4.60. The number of amides is 1. The van der Waals surface area contributed by atoms with E-state index in [1.807, 2.05) is 50.2 Å². The van der Waals surface area contributed by atoms with E-state index < -0.39 is 17.7 Å². The number of rotatable bonds is 7. The van der Waals surface area contributed by atoms with Crippen molar-refractivity contribution in [2.24, 2.45) is 0 Å². The lowest BCUT2D eigenvalue weighted by atomic mass is 9.92. The SMILES string of the molecule is CCOc1ccc(/C(O)=C2/C(=O)C(=O)N(CC3CCCO3)C2c2cccc(C)c2)cc1C(C)C. The molecule has 2 heterocycles. The van der Waals surface area contributed by atoms with Crippen LogP contribution in [0.15, 0.2) is 48.0 Å². The molecule has 0 bridgehead atoms. The van der Waals surface area contributed by atoms with Crippen molar-refractivity contribution in [3.8, 4) is 5.75 Å². The van der Waals surface area contributed by atoms with Gasteiger partial charge in [0.1, 0.15) is 11.5 Å². The van der Waals surface area contributed by atoms with Crippen molar-refractivity contribution in [2.45, 2.75) is 58.6 Å². The lowest BCUT2D eigenvalue weighted by Gasteiger charge is -2.27. The number of aliphatic hydroxyl groups excluding tert-OH is 1. The van der Waals surface area contributed by atoms with Gasteiger partial charge in [-0.1, -0.05) is 43.7 Å². The van der Waals surface area contributed by atoms with Crippen molar-refractivity contribution in [1.82, 2.24) is 4.90 Å². The molecule has 2 atom stereocenters. The van der Waals surface area contributed by atoms with Gasteiger partial charge >= 0.3 is 0 Å². The van der Waals surface area contributed by atoms with Crippen LogP contribution in [0.1, 0.15) is 67.8 Å². The van der Waals surface area contributed by atoms with Gasteiger partial charge in [0.15, 0.2) is 0 Å². The predicted octanol–water partition coefficient (Wildman–Crippen LogP) is 5.12. The van der Waals surface area contributed by atoms with Gasteiger partial charge in [-0.3, -0.25) is 9.59 Å². The zero-order chi connectivity index (χ0) is 24.4. The van der Waals surface area contributed by atoms with Crippen LogP contribution in [0.5, 0.6) is 5.75 Å². The normalized spacial score (nSPS) is 22.1. The first kappa shape index (κ1) is 24.0. The van der Waals surface area contributed by atoms with Crippen LogP contribution in [-0.4, -0.2) is 47.6 Å². The zero-order valence-corrected chi connectivity index (χ0v) is 20.3. The number of benzene rings is 2. The van der Waals surface area contributed by atoms with E-state index in [0.717, 1.165) is 35.3 Å². The summed E-state index contributed by atoms with van der Waals surface area (Å²) in [6, 6.07) is 12.5. The van der Waals surface area contributed by atoms with Gasteiger partial charge in [0.25, 0.3) is 11.7 Å². The molecule has 6 nitrogen and oxygen atoms in total. The summed E-state index contributed by atoms with van der Waals surface area (Å²) < 4.78 is 11.5. The molecule has 0 saturated carbocycles. The molecule has 2 fully saturated rings. The standard InChI is InChI=1S/C28H33NO5/c1-5-33-23-12-11-20(15-22(23)17(2)3)26(30)24-25(19-9-6-8-18(4)14-19)29(28(32)27(24)31)16-21-10-7-13-34-21/h6,8-9,11-12,14-15,17,21,25,30H,5,7,10,13,16H2,1-4H3/b26-24-. The molecule has 34 heavy (non-hydrogen) atoms. The molecule has 2 saturated heterocycles. The Morgan fingerprint density at radius 1 is 1.21 bits per heavy atom. The highest BCUT2D eigenvalue weighted by atomic mass is 16.5. The van der Waals surface area contributed by atoms with Crippen LogP contribution in [0.25, 0.3) is 5.76 Å². The highest BCUT2D eigenvalue weighted by molar-refractivity contribution is 6.46. The lowest BCUT2D eigenvalue weighted by Crippen LogP contribution is -2.36. The molecule has 2 aromatic carbocycles. The van der Waals surface area contributed by atoms with Gasteiger partial charge in [0, 0.05) is 18.7 Å². The number of aliphatic hydroxyl groups is 1. The summed E-state index contributed by atoms with van der Waals surface area (Å²) in [5.74, 6) is -0.517. The predicted molar refractivity (Wildman–Crippen MR) is 131 cm³/mol. The van der Waals surface area contributed by atoms with Crippen LogP contribution in [-0.2, 0) is 14.3 Å². The molecule has 6 heteroatoms. The molecule has 0 aliphatic carbocycles. The number of aryl methyl sites for hydroxylation is 1. The van der Waals surface area contributed by atoms with Crippen molar-refractivity contribution in [3.63, 3.8) is 0 Å². The largest absolute Gasteiger partial charge is 0.507 e. The van der Waals surface area contributed by atoms with E-state index in [1.54, 1.807) is 11.0 Å². The van der Waals surface area contributed by atoms with Gasteiger partial charge in [0.05, 0.1) is 24.3 Å². The highest BCUT2D eigenvalue weighted by Gasteiger charge is 2.47. The molecule has 1 N–H and O–H groups in total. The number of carbonyl (C=O) groups excluding carboxylic acids is 2. The summed E-state index contributed by atoms with van der Waals surface area (Å²) in [6.45, 7) is 9.51. The molecular formula is C28H33NO5. The number of Topliss-reactive ketones (excluding diaryl/α,β-unsaturated/α-hetero) is 1. The second-order valence-corrected chi connectivity index (χ2v) is 9.34. The molecule has 2 aliphatic heterocycles. The number of hydrogen-bond acceptors (Lipinski definition) is 5. The molecule has 0 aromatic heterocycles. The maximum atomic E-state index is 13.3. The number of carbonyl (C=O) groups is 2. The third-order valence-corrected chi connectivity index (χ3v) is 6.53. The molecule has 0 radical (unpaired) electrons. The number of ketones is 1. The molecule has 2 aliphatic rings. The fraction of sp³-hybridized carbons (Fsp3) is 0.429. The smallest absolute Gasteiger partial charge is 0.295 e. The Hall–Kier alpha value is -3.12. The quantitative estimate of drug-likeness (QED) is 0.350. The van der Waals surface area contributed by atoms with Gasteiger partial charge in [-0.2, -0.15) is 0 Å². The zero-order valence-electron chi connectivity index (χ0n) is 20.3. The van der Waals surface area contributed by atoms with E-state index in [1.165, 1.54) is 0 Å². The van der Waals surface area contributed by atoms with Crippen LogP contribution in [0.4, 0.5) is 0 Å². The van der Waals surface area contributed by atoms with E-state index in [9.17, 15) is 14.7 Å². The fourth-order valence-electron chi connectivity index (χ4n) is 4.85. The number of ether oxygens (including phenoxy) is 2. The van der Waals surface area contributed by atoms with Crippen LogP contribution < -0.4 is 4.74 Å². The van der Waals surface area contributed by atoms with Crippen molar-refractivity contribution in [1.29, 1.82) is 0 Å². The van der Waals surface area contributed by atoms with Crippen molar-refractivity contribution in [2.75, 3.05) is 19.8 Å². The van der Waals surface area contributed by atoms with Crippen molar-refractivity contribution >= 4 is 17.4 Å². The van der Waals surface area contributed by atoms with E-state index in [2.05, 4.69) is 13.8 Å². The Balaban J connectivity index is 1.84. The Kier molecular flexibility index (Phi) is 7.08. The molecule has 4 rings (SSSR count). The minimum Gasteiger partial charge on any atom is -0.507 e. The van der Waals surface area contributed by atoms with Gasteiger partial charge in [-0.15, -0.1) is 0 Å². The first-order chi connectivity index (χ1) is 16.3. The number of likely N-dealkylation sites (tertiary alicyclic amines) is 1. The summed E-state index contributed by atoms with van der Waals surface area (Å²) in [4.78, 5) is 28.0. The molecule has 2 unspecified atom stereocenters. The number of nitrogens with zero attached hydrogens (tertiary/aromatic N) is 1. The van der Waals surface area contributed by atoms with E-state index in [-0.39, 0.29) is 23.4 Å². The van der Waals surface area contributed by atoms with Gasteiger partial charge < -0.3 is 19.5 Å². The van der Waals surface area contributed by atoms with Crippen LogP contribution >= 0.6 is 0 Å². The molecule has 180 valence electrons. The summed E-state index contributed by atoms with van der Waals surface area (Å²) >= 11 is 0. The Morgan fingerprint density at radius 3 is 2.65 bits per heavy atom. The highest BCUT2D eigenvalue weighted by Crippen LogP contribution is 2.41. The first-order valence-electron chi connectivity index (χ1n) is 12.1. The first-order valence-corrected chi connectivity index (χ1v) is 12.1. The maximum absolute atomic E-state index is 13.3. The molecule has 2 aromatic rings. The topological polar surface area (TPSA) is 76.1 Å². The minimum absolute atomic E-state index is 0.108. The Morgan fingerprint density at radius 2 is 2.00 bits per heavy atom. The van der Waals surface area contributed by atoms with Gasteiger partial charge in [-0.25, -0.2) is 0 Å². The Labute approximate surface area is 201 Å². The summed E-state index contributed by atoms with van der Waals surface area (Å²) in [7, 11) is 0. The van der Waals surface area contributed by atoms with Crippen LogP contribution in [0.3, 0.4) is 0 Å². The van der Waals surface area contributed by atoms with Gasteiger partial charge in [-0.05, 0) is 61.9 Å². The average molecular weight is 464 g/mol. The molecule has 1 amide bonds. The van der Waals surface area contributed by atoms with E-state index in [4.69, 9.17) is 9.47 Å². The maximum Gasteiger partial charge on any atom is 0.295 e. The van der Waals surface area contributed by atoms with Crippen LogP contribution in [0.2, 0.25) is 0 Å². The molecular weight excluding hydrogens is 430 g/mol. The van der Waals surface area contributed by atoms with Gasteiger partial charge in [0.2, 0.25) is 0 Å². The second-order valence-electron chi connectivity index (χ2n) is 9.34. The second kappa shape index (κ2) is 10.0.